The van der Waals surface area contributed by atoms with Gasteiger partial charge in [-0.1, -0.05) is 0 Å². The molecule has 1 rings (SSSR count). The second-order valence-electron chi connectivity index (χ2n) is 3.61. The lowest BCUT2D eigenvalue weighted by molar-refractivity contribution is 0.425. The molecule has 2 nitrogen and oxygen atoms in total. The number of benzene rings is 1. The van der Waals surface area contributed by atoms with Gasteiger partial charge in [0.15, 0.2) is 0 Å². The maximum Gasteiger partial charge on any atom is 0.489 e. The average Bonchev–Trinajstić information content (AvgIpc) is 2.15. The Hall–Kier alpha value is 0.285. The molecule has 0 saturated heterocycles. The fourth-order valence-electron chi connectivity index (χ4n) is 1.88. The molecule has 0 aliphatic heterocycles. The molecular weight excluding hydrogens is 322 g/mol. The SMILES string of the molecule is Cc1c(I)c(C)c(B(O)O)c(C)c1CS. The van der Waals surface area contributed by atoms with E-state index >= 15 is 0 Å². The molecule has 15 heavy (non-hydrogen) atoms. The molecule has 0 spiro atoms. The van der Waals surface area contributed by atoms with Gasteiger partial charge >= 0.3 is 7.12 Å². The van der Waals surface area contributed by atoms with Crippen molar-refractivity contribution >= 4 is 47.8 Å². The maximum atomic E-state index is 9.35. The van der Waals surface area contributed by atoms with Crippen LogP contribution in [0.25, 0.3) is 0 Å². The largest absolute Gasteiger partial charge is 0.489 e. The highest BCUT2D eigenvalue weighted by Crippen LogP contribution is 2.23. The number of thiol groups is 1. The summed E-state index contributed by atoms with van der Waals surface area (Å²) in [7, 11) is -1.40. The van der Waals surface area contributed by atoms with E-state index in [-0.39, 0.29) is 0 Å². The van der Waals surface area contributed by atoms with E-state index < -0.39 is 7.12 Å². The van der Waals surface area contributed by atoms with Crippen molar-refractivity contribution in [2.45, 2.75) is 26.5 Å². The third-order valence-electron chi connectivity index (χ3n) is 2.79. The minimum Gasteiger partial charge on any atom is -0.423 e. The summed E-state index contributed by atoms with van der Waals surface area (Å²) in [6, 6.07) is 0. The van der Waals surface area contributed by atoms with Crippen molar-refractivity contribution in [1.29, 1.82) is 0 Å². The Morgan fingerprint density at radius 2 is 1.67 bits per heavy atom. The van der Waals surface area contributed by atoms with Crippen LogP contribution in [0.2, 0.25) is 0 Å². The first kappa shape index (κ1) is 13.4. The number of rotatable bonds is 2. The van der Waals surface area contributed by atoms with Crippen molar-refractivity contribution in [2.75, 3.05) is 0 Å². The summed E-state index contributed by atoms with van der Waals surface area (Å²) in [5, 5.41) is 18.7. The fraction of sp³-hybridized carbons (Fsp3) is 0.400. The van der Waals surface area contributed by atoms with Gasteiger partial charge in [-0.3, -0.25) is 0 Å². The summed E-state index contributed by atoms with van der Waals surface area (Å²) in [6.45, 7) is 5.87. The van der Waals surface area contributed by atoms with Crippen molar-refractivity contribution in [3.05, 3.63) is 25.8 Å². The first-order chi connectivity index (χ1) is 6.91. The van der Waals surface area contributed by atoms with E-state index in [2.05, 4.69) is 35.2 Å². The molecule has 5 heteroatoms. The first-order valence-electron chi connectivity index (χ1n) is 4.66. The highest BCUT2D eigenvalue weighted by Gasteiger charge is 2.22. The molecule has 0 amide bonds. The highest BCUT2D eigenvalue weighted by molar-refractivity contribution is 14.1. The van der Waals surface area contributed by atoms with E-state index in [1.807, 2.05) is 20.8 Å². The second-order valence-corrected chi connectivity index (χ2v) is 5.01. The third-order valence-corrected chi connectivity index (χ3v) is 4.72. The van der Waals surface area contributed by atoms with Gasteiger partial charge in [-0.15, -0.1) is 0 Å². The van der Waals surface area contributed by atoms with Crippen LogP contribution in [0, 0.1) is 24.3 Å². The molecule has 82 valence electrons. The fourth-order valence-corrected chi connectivity index (χ4v) is 2.97. The second kappa shape index (κ2) is 5.08. The molecule has 1 aromatic carbocycles. The summed E-state index contributed by atoms with van der Waals surface area (Å²) in [5.41, 5.74) is 4.79. The van der Waals surface area contributed by atoms with Crippen LogP contribution < -0.4 is 5.46 Å². The molecule has 0 aliphatic carbocycles. The third kappa shape index (κ3) is 2.35. The highest BCUT2D eigenvalue weighted by atomic mass is 127. The predicted octanol–water partition coefficient (Wildman–Crippen LogP) is 1.33. The Balaban J connectivity index is 3.60. The van der Waals surface area contributed by atoms with Crippen molar-refractivity contribution in [3.63, 3.8) is 0 Å². The van der Waals surface area contributed by atoms with Gasteiger partial charge in [0.1, 0.15) is 0 Å². The van der Waals surface area contributed by atoms with Gasteiger partial charge < -0.3 is 10.0 Å². The zero-order valence-corrected chi connectivity index (χ0v) is 12.1. The van der Waals surface area contributed by atoms with E-state index in [1.54, 1.807) is 0 Å². The maximum absolute atomic E-state index is 9.35. The van der Waals surface area contributed by atoms with Crippen LogP contribution in [0.1, 0.15) is 22.3 Å². The zero-order chi connectivity index (χ0) is 11.7. The van der Waals surface area contributed by atoms with Crippen LogP contribution in [0.15, 0.2) is 0 Å². The Morgan fingerprint density at radius 3 is 2.07 bits per heavy atom. The van der Waals surface area contributed by atoms with Gasteiger partial charge in [-0.25, -0.2) is 0 Å². The average molecular weight is 336 g/mol. The van der Waals surface area contributed by atoms with Crippen molar-refractivity contribution in [3.8, 4) is 0 Å². The van der Waals surface area contributed by atoms with E-state index in [9.17, 15) is 10.0 Å². The van der Waals surface area contributed by atoms with E-state index in [4.69, 9.17) is 0 Å². The van der Waals surface area contributed by atoms with Crippen molar-refractivity contribution < 1.29 is 10.0 Å². The summed E-state index contributed by atoms with van der Waals surface area (Å²) in [4.78, 5) is 0. The quantitative estimate of drug-likeness (QED) is 0.433. The van der Waals surface area contributed by atoms with Crippen LogP contribution in [0.5, 0.6) is 0 Å². The molecule has 0 heterocycles. The Kier molecular flexibility index (Phi) is 4.52. The molecule has 0 aliphatic rings. The van der Waals surface area contributed by atoms with Crippen LogP contribution in [-0.2, 0) is 5.75 Å². The summed E-state index contributed by atoms with van der Waals surface area (Å²) in [6.07, 6.45) is 0. The monoisotopic (exact) mass is 336 g/mol. The Morgan fingerprint density at radius 1 is 1.13 bits per heavy atom. The molecule has 0 unspecified atom stereocenters. The summed E-state index contributed by atoms with van der Waals surface area (Å²) in [5.74, 6) is 0.619. The molecule has 0 saturated carbocycles. The first-order valence-corrected chi connectivity index (χ1v) is 6.38. The lowest BCUT2D eigenvalue weighted by Crippen LogP contribution is -2.36. The normalized spacial score (nSPS) is 10.6. The molecule has 2 N–H and O–H groups in total. The number of hydrogen-bond acceptors (Lipinski definition) is 3. The van der Waals surface area contributed by atoms with E-state index in [0.29, 0.717) is 11.2 Å². The molecular formula is C10H14BIO2S. The Bertz CT molecular complexity index is 394. The smallest absolute Gasteiger partial charge is 0.423 e. The van der Waals surface area contributed by atoms with Gasteiger partial charge in [0.2, 0.25) is 0 Å². The molecule has 1 aromatic rings. The number of halogens is 1. The van der Waals surface area contributed by atoms with Crippen LogP contribution in [-0.4, -0.2) is 17.2 Å². The molecule has 0 bridgehead atoms. The Labute approximate surface area is 110 Å². The minimum atomic E-state index is -1.40. The van der Waals surface area contributed by atoms with Gasteiger partial charge in [-0.05, 0) is 71.1 Å². The van der Waals surface area contributed by atoms with Crippen LogP contribution >= 0.6 is 35.2 Å². The summed E-state index contributed by atoms with van der Waals surface area (Å²) < 4.78 is 1.09. The van der Waals surface area contributed by atoms with Crippen LogP contribution in [0.3, 0.4) is 0 Å². The zero-order valence-electron chi connectivity index (χ0n) is 9.00. The van der Waals surface area contributed by atoms with E-state index in [0.717, 1.165) is 20.3 Å². The minimum absolute atomic E-state index is 0.619. The topological polar surface area (TPSA) is 40.5 Å². The van der Waals surface area contributed by atoms with Gasteiger partial charge in [-0.2, -0.15) is 12.6 Å². The van der Waals surface area contributed by atoms with Gasteiger partial charge in [0.25, 0.3) is 0 Å². The van der Waals surface area contributed by atoms with Crippen LogP contribution in [0.4, 0.5) is 0 Å². The lowest BCUT2D eigenvalue weighted by Gasteiger charge is -2.18. The van der Waals surface area contributed by atoms with Gasteiger partial charge in [0, 0.05) is 9.32 Å². The lowest BCUT2D eigenvalue weighted by atomic mass is 9.72. The molecule has 0 fully saturated rings. The molecule has 0 aromatic heterocycles. The predicted molar refractivity (Wildman–Crippen MR) is 75.9 cm³/mol. The standard InChI is InChI=1S/C10H14BIO2S/c1-5-8(4-15)6(2)10(12)7(3)9(5)11(13)14/h13-15H,4H2,1-3H3. The van der Waals surface area contributed by atoms with E-state index in [1.165, 1.54) is 5.56 Å². The number of hydrogen-bond donors (Lipinski definition) is 3. The molecule has 0 atom stereocenters. The van der Waals surface area contributed by atoms with Crippen molar-refractivity contribution in [2.24, 2.45) is 0 Å². The van der Waals surface area contributed by atoms with Crippen molar-refractivity contribution in [1.82, 2.24) is 0 Å². The summed E-state index contributed by atoms with van der Waals surface area (Å²) >= 11 is 6.52. The van der Waals surface area contributed by atoms with Gasteiger partial charge in [0.05, 0.1) is 0 Å². The molecule has 0 radical (unpaired) electrons.